The van der Waals surface area contributed by atoms with Crippen molar-refractivity contribution >= 4 is 17.4 Å². The van der Waals surface area contributed by atoms with Crippen LogP contribution in [0.4, 0.5) is 16.2 Å². The van der Waals surface area contributed by atoms with Crippen LogP contribution in [0.25, 0.3) is 0 Å². The molecule has 2 N–H and O–H groups in total. The van der Waals surface area contributed by atoms with Crippen LogP contribution in [0.3, 0.4) is 0 Å². The van der Waals surface area contributed by atoms with Crippen LogP contribution in [0.1, 0.15) is 25.7 Å². The number of hydrogen-bond acceptors (Lipinski definition) is 3. The van der Waals surface area contributed by atoms with Crippen molar-refractivity contribution < 1.29 is 9.90 Å². The SMILES string of the molecule is CN(CC(O)C1CC1)C(=O)Nc1ccccc1N1CCCC1. The summed E-state index contributed by atoms with van der Waals surface area (Å²) in [5, 5.41) is 13.0. The molecule has 1 aliphatic heterocycles. The predicted octanol–water partition coefficient (Wildman–Crippen LogP) is 2.52. The second kappa shape index (κ2) is 6.57. The third kappa shape index (κ3) is 3.53. The number of urea groups is 1. The van der Waals surface area contributed by atoms with E-state index >= 15 is 0 Å². The number of amides is 2. The lowest BCUT2D eigenvalue weighted by atomic mass is 10.2. The van der Waals surface area contributed by atoms with Gasteiger partial charge in [-0.3, -0.25) is 0 Å². The minimum atomic E-state index is -0.399. The Morgan fingerprint density at radius 1 is 1.36 bits per heavy atom. The van der Waals surface area contributed by atoms with Gasteiger partial charge in [-0.2, -0.15) is 0 Å². The molecule has 1 saturated heterocycles. The zero-order chi connectivity index (χ0) is 15.5. The summed E-state index contributed by atoms with van der Waals surface area (Å²) in [6.07, 6.45) is 4.17. The molecule has 1 unspecified atom stereocenters. The standard InChI is InChI=1S/C17H25N3O2/c1-19(12-16(21)13-8-9-13)17(22)18-14-6-2-3-7-15(14)20-10-4-5-11-20/h2-3,6-7,13,16,21H,4-5,8-12H2,1H3,(H,18,22). The molecule has 2 amide bonds. The van der Waals surface area contributed by atoms with Crippen LogP contribution >= 0.6 is 0 Å². The monoisotopic (exact) mass is 303 g/mol. The number of aliphatic hydroxyl groups excluding tert-OH is 1. The van der Waals surface area contributed by atoms with E-state index in [1.165, 1.54) is 12.8 Å². The molecule has 5 heteroatoms. The normalized spacial score (nSPS) is 19.1. The average molecular weight is 303 g/mol. The van der Waals surface area contributed by atoms with Crippen LogP contribution < -0.4 is 10.2 Å². The molecule has 3 rings (SSSR count). The van der Waals surface area contributed by atoms with Crippen molar-refractivity contribution in [3.63, 3.8) is 0 Å². The second-order valence-electron chi connectivity index (χ2n) is 6.43. The Bertz CT molecular complexity index is 524. The van der Waals surface area contributed by atoms with Crippen molar-refractivity contribution in [1.29, 1.82) is 0 Å². The molecule has 22 heavy (non-hydrogen) atoms. The molecule has 1 aromatic rings. The van der Waals surface area contributed by atoms with Gasteiger partial charge in [0.2, 0.25) is 0 Å². The van der Waals surface area contributed by atoms with Gasteiger partial charge >= 0.3 is 6.03 Å². The summed E-state index contributed by atoms with van der Waals surface area (Å²) in [7, 11) is 1.74. The zero-order valence-electron chi connectivity index (χ0n) is 13.2. The summed E-state index contributed by atoms with van der Waals surface area (Å²) >= 11 is 0. The van der Waals surface area contributed by atoms with E-state index in [0.717, 1.165) is 37.3 Å². The van der Waals surface area contributed by atoms with Gasteiger partial charge in [-0.25, -0.2) is 4.79 Å². The molecule has 0 aromatic heterocycles. The van der Waals surface area contributed by atoms with Crippen molar-refractivity contribution in [2.24, 2.45) is 5.92 Å². The first kappa shape index (κ1) is 15.2. The molecular formula is C17H25N3O2. The van der Waals surface area contributed by atoms with E-state index in [1.54, 1.807) is 11.9 Å². The lowest BCUT2D eigenvalue weighted by Gasteiger charge is -2.24. The van der Waals surface area contributed by atoms with Crippen molar-refractivity contribution in [2.75, 3.05) is 36.9 Å². The van der Waals surface area contributed by atoms with E-state index in [2.05, 4.69) is 16.3 Å². The lowest BCUT2D eigenvalue weighted by molar-refractivity contribution is 0.117. The molecule has 2 fully saturated rings. The van der Waals surface area contributed by atoms with Crippen LogP contribution in [0.5, 0.6) is 0 Å². The molecule has 120 valence electrons. The highest BCUT2D eigenvalue weighted by molar-refractivity contribution is 5.93. The van der Waals surface area contributed by atoms with Crippen LogP contribution in [-0.2, 0) is 0 Å². The van der Waals surface area contributed by atoms with Crippen molar-refractivity contribution in [3.05, 3.63) is 24.3 Å². The van der Waals surface area contributed by atoms with Crippen molar-refractivity contribution in [1.82, 2.24) is 4.90 Å². The number of carbonyl (C=O) groups is 1. The Kier molecular flexibility index (Phi) is 4.52. The first-order chi connectivity index (χ1) is 10.6. The first-order valence-electron chi connectivity index (χ1n) is 8.19. The molecular weight excluding hydrogens is 278 g/mol. The Labute approximate surface area is 131 Å². The topological polar surface area (TPSA) is 55.8 Å². The maximum absolute atomic E-state index is 12.3. The van der Waals surface area contributed by atoms with Crippen LogP contribution in [0.2, 0.25) is 0 Å². The highest BCUT2D eigenvalue weighted by atomic mass is 16.3. The van der Waals surface area contributed by atoms with Gasteiger partial charge in [0.1, 0.15) is 0 Å². The number of hydrogen-bond donors (Lipinski definition) is 2. The van der Waals surface area contributed by atoms with Gasteiger partial charge in [0.15, 0.2) is 0 Å². The fourth-order valence-corrected chi connectivity index (χ4v) is 3.02. The molecule has 1 atom stereocenters. The summed E-state index contributed by atoms with van der Waals surface area (Å²) in [6.45, 7) is 2.48. The summed E-state index contributed by atoms with van der Waals surface area (Å²) in [4.78, 5) is 16.2. The summed E-state index contributed by atoms with van der Waals surface area (Å²) in [5.41, 5.74) is 1.94. The number of aliphatic hydroxyl groups is 1. The lowest BCUT2D eigenvalue weighted by Crippen LogP contribution is -2.38. The quantitative estimate of drug-likeness (QED) is 0.879. The number of likely N-dealkylation sites (N-methyl/N-ethyl adjacent to an activating group) is 1. The van der Waals surface area contributed by atoms with E-state index in [1.807, 2.05) is 18.2 Å². The third-order valence-corrected chi connectivity index (χ3v) is 4.57. The van der Waals surface area contributed by atoms with E-state index in [4.69, 9.17) is 0 Å². The smallest absolute Gasteiger partial charge is 0.321 e. The minimum Gasteiger partial charge on any atom is -0.391 e. The van der Waals surface area contributed by atoms with Gasteiger partial charge in [0.25, 0.3) is 0 Å². The Morgan fingerprint density at radius 3 is 2.73 bits per heavy atom. The molecule has 1 aromatic carbocycles. The molecule has 1 heterocycles. The Balaban J connectivity index is 1.63. The largest absolute Gasteiger partial charge is 0.391 e. The average Bonchev–Trinajstić information content (AvgIpc) is 3.23. The zero-order valence-corrected chi connectivity index (χ0v) is 13.2. The third-order valence-electron chi connectivity index (χ3n) is 4.57. The molecule has 5 nitrogen and oxygen atoms in total. The van der Waals surface area contributed by atoms with Gasteiger partial charge in [-0.05, 0) is 43.7 Å². The van der Waals surface area contributed by atoms with Crippen LogP contribution in [0.15, 0.2) is 24.3 Å². The number of nitrogens with one attached hydrogen (secondary N) is 1. The first-order valence-corrected chi connectivity index (χ1v) is 8.19. The van der Waals surface area contributed by atoms with Crippen LogP contribution in [0, 0.1) is 5.92 Å². The number of anilines is 2. The fraction of sp³-hybridized carbons (Fsp3) is 0.588. The Hall–Kier alpha value is -1.75. The van der Waals surface area contributed by atoms with E-state index in [-0.39, 0.29) is 6.03 Å². The van der Waals surface area contributed by atoms with Gasteiger partial charge in [-0.1, -0.05) is 12.1 Å². The fourth-order valence-electron chi connectivity index (χ4n) is 3.02. The summed E-state index contributed by atoms with van der Waals surface area (Å²) < 4.78 is 0. The molecule has 0 spiro atoms. The summed E-state index contributed by atoms with van der Waals surface area (Å²) in [6, 6.07) is 7.78. The highest BCUT2D eigenvalue weighted by Crippen LogP contribution is 2.33. The maximum atomic E-state index is 12.3. The van der Waals surface area contributed by atoms with Gasteiger partial charge in [0.05, 0.1) is 17.5 Å². The highest BCUT2D eigenvalue weighted by Gasteiger charge is 2.31. The molecule has 1 saturated carbocycles. The second-order valence-corrected chi connectivity index (χ2v) is 6.43. The van der Waals surface area contributed by atoms with Gasteiger partial charge in [-0.15, -0.1) is 0 Å². The number of carbonyl (C=O) groups excluding carboxylic acids is 1. The maximum Gasteiger partial charge on any atom is 0.321 e. The van der Waals surface area contributed by atoms with Gasteiger partial charge in [0, 0.05) is 26.7 Å². The van der Waals surface area contributed by atoms with Crippen LogP contribution in [-0.4, -0.2) is 48.8 Å². The minimum absolute atomic E-state index is 0.161. The van der Waals surface area contributed by atoms with E-state index in [0.29, 0.717) is 12.5 Å². The number of para-hydroxylation sites is 2. The van der Waals surface area contributed by atoms with E-state index in [9.17, 15) is 9.90 Å². The molecule has 0 radical (unpaired) electrons. The van der Waals surface area contributed by atoms with E-state index < -0.39 is 6.10 Å². The summed E-state index contributed by atoms with van der Waals surface area (Å²) in [5.74, 6) is 0.382. The molecule has 1 aliphatic carbocycles. The molecule has 2 aliphatic rings. The number of rotatable bonds is 5. The number of benzene rings is 1. The predicted molar refractivity (Wildman–Crippen MR) is 88.3 cm³/mol. The van der Waals surface area contributed by atoms with Crippen molar-refractivity contribution in [2.45, 2.75) is 31.8 Å². The number of nitrogens with zero attached hydrogens (tertiary/aromatic N) is 2. The van der Waals surface area contributed by atoms with Gasteiger partial charge < -0.3 is 20.2 Å². The Morgan fingerprint density at radius 2 is 2.05 bits per heavy atom. The van der Waals surface area contributed by atoms with Crippen molar-refractivity contribution in [3.8, 4) is 0 Å². The molecule has 0 bridgehead atoms.